The summed E-state index contributed by atoms with van der Waals surface area (Å²) < 4.78 is 9.39. The van der Waals surface area contributed by atoms with Crippen LogP contribution < -0.4 is 10.6 Å². The molecule has 4 aromatic rings. The molecule has 0 amide bonds. The van der Waals surface area contributed by atoms with Crippen molar-refractivity contribution in [1.29, 1.82) is 0 Å². The second-order valence-corrected chi connectivity index (χ2v) is 8.65. The minimum atomic E-state index is -0.220. The van der Waals surface area contributed by atoms with Crippen LogP contribution in [0.15, 0.2) is 67.5 Å². The van der Waals surface area contributed by atoms with Crippen LogP contribution in [0.2, 0.25) is 0 Å². The van der Waals surface area contributed by atoms with E-state index in [0.717, 1.165) is 16.8 Å². The van der Waals surface area contributed by atoms with Gasteiger partial charge in [0.15, 0.2) is 0 Å². The summed E-state index contributed by atoms with van der Waals surface area (Å²) in [5, 5.41) is 0.732. The molecule has 8 heteroatoms. The number of rotatable bonds is 4. The zero-order chi connectivity index (χ0) is 21.7. The number of Topliss-reactive ketones (excluding diaryl/α,β-unsaturated/α-hetero) is 1. The second kappa shape index (κ2) is 7.46. The summed E-state index contributed by atoms with van der Waals surface area (Å²) in [6.45, 7) is 0.838. The number of ether oxygens (including phenoxy) is 1. The first-order valence-corrected chi connectivity index (χ1v) is 10.9. The van der Waals surface area contributed by atoms with Gasteiger partial charge in [-0.2, -0.15) is 0 Å². The Hall–Kier alpha value is -3.71. The van der Waals surface area contributed by atoms with E-state index >= 15 is 0 Å². The van der Waals surface area contributed by atoms with Crippen molar-refractivity contribution in [3.8, 4) is 11.1 Å². The molecule has 7 nitrogen and oxygen atoms in total. The molecule has 1 atom stereocenters. The number of nitrogens with zero attached hydrogens (tertiary/aromatic N) is 4. The van der Waals surface area contributed by atoms with Crippen LogP contribution in [0.4, 0.5) is 0 Å². The maximum atomic E-state index is 13.7. The third kappa shape index (κ3) is 2.81. The number of carbonyl (C=O) groups excluding carboxylic acids is 2. The van der Waals surface area contributed by atoms with E-state index in [2.05, 4.69) is 15.9 Å². The van der Waals surface area contributed by atoms with Crippen molar-refractivity contribution in [3.05, 3.63) is 94.9 Å². The van der Waals surface area contributed by atoms with E-state index in [9.17, 15) is 9.59 Å². The van der Waals surface area contributed by atoms with E-state index in [0.29, 0.717) is 39.9 Å². The quantitative estimate of drug-likeness (QED) is 0.452. The fourth-order valence-electron chi connectivity index (χ4n) is 4.28. The highest BCUT2D eigenvalue weighted by molar-refractivity contribution is 8.09. The van der Waals surface area contributed by atoms with Gasteiger partial charge in [-0.1, -0.05) is 23.9 Å². The molecule has 0 spiro atoms. The highest BCUT2D eigenvalue weighted by atomic mass is 32.2. The molecule has 4 aromatic heterocycles. The topological polar surface area (TPSA) is 79.0 Å². The Balaban J connectivity index is 1.60. The van der Waals surface area contributed by atoms with Gasteiger partial charge in [-0.3, -0.25) is 14.8 Å². The van der Waals surface area contributed by atoms with Gasteiger partial charge in [-0.05, 0) is 18.2 Å². The van der Waals surface area contributed by atoms with Gasteiger partial charge in [-0.25, -0.2) is 4.79 Å². The zero-order valence-electron chi connectivity index (χ0n) is 16.8. The van der Waals surface area contributed by atoms with Gasteiger partial charge in [0.1, 0.15) is 18.0 Å². The van der Waals surface area contributed by atoms with E-state index in [1.54, 1.807) is 24.8 Å². The molecule has 0 bridgehead atoms. The first kappa shape index (κ1) is 19.0. The molecule has 0 saturated carbocycles. The SMILES string of the molecule is O=C=c1c(-c2cccnc2)cn2c1=C(C(=O)c1ccn3c1COC3)SC2c1cccnc1. The number of fused-ring (bicyclic) bond motifs is 2. The number of thioether (sulfide) groups is 1. The van der Waals surface area contributed by atoms with Crippen LogP contribution in [0.25, 0.3) is 16.0 Å². The summed E-state index contributed by atoms with van der Waals surface area (Å²) in [7, 11) is 0. The van der Waals surface area contributed by atoms with Gasteiger partial charge < -0.3 is 13.9 Å². The van der Waals surface area contributed by atoms with Crippen LogP contribution in [0, 0.1) is 0 Å². The summed E-state index contributed by atoms with van der Waals surface area (Å²) in [5.74, 6) is 1.98. The van der Waals surface area contributed by atoms with Crippen LogP contribution in [0.5, 0.6) is 0 Å². The van der Waals surface area contributed by atoms with Crippen molar-refractivity contribution < 1.29 is 14.3 Å². The maximum Gasteiger partial charge on any atom is 0.203 e. The van der Waals surface area contributed by atoms with E-state index in [1.807, 2.05) is 51.9 Å². The summed E-state index contributed by atoms with van der Waals surface area (Å²) >= 11 is 1.43. The third-order valence-corrected chi connectivity index (χ3v) is 7.11. The summed E-state index contributed by atoms with van der Waals surface area (Å²) in [4.78, 5) is 34.9. The number of ketones is 1. The van der Waals surface area contributed by atoms with Crippen LogP contribution in [-0.2, 0) is 22.9 Å². The monoisotopic (exact) mass is 440 g/mol. The molecule has 0 fully saturated rings. The molecular weight excluding hydrogens is 424 g/mol. The number of pyridine rings is 2. The molecule has 0 N–H and O–H groups in total. The van der Waals surface area contributed by atoms with E-state index in [1.165, 1.54) is 11.8 Å². The van der Waals surface area contributed by atoms with Crippen molar-refractivity contribution >= 4 is 28.4 Å². The Kier molecular flexibility index (Phi) is 4.43. The molecule has 32 heavy (non-hydrogen) atoms. The maximum absolute atomic E-state index is 13.7. The Bertz CT molecular complexity index is 1500. The largest absolute Gasteiger partial charge is 0.355 e. The van der Waals surface area contributed by atoms with Crippen LogP contribution in [0.3, 0.4) is 0 Å². The zero-order valence-corrected chi connectivity index (χ0v) is 17.6. The lowest BCUT2D eigenvalue weighted by atomic mass is 10.1. The number of hydrogen-bond donors (Lipinski definition) is 0. The van der Waals surface area contributed by atoms with Crippen LogP contribution >= 0.6 is 11.8 Å². The molecule has 0 aliphatic carbocycles. The van der Waals surface area contributed by atoms with E-state index in [-0.39, 0.29) is 11.2 Å². The molecule has 2 aliphatic heterocycles. The van der Waals surface area contributed by atoms with E-state index in [4.69, 9.17) is 4.74 Å². The molecule has 6 heterocycles. The van der Waals surface area contributed by atoms with Gasteiger partial charge in [0.05, 0.1) is 27.8 Å². The lowest BCUT2D eigenvalue weighted by molar-refractivity contribution is 0.103. The Morgan fingerprint density at radius 2 is 2.00 bits per heavy atom. The highest BCUT2D eigenvalue weighted by Crippen LogP contribution is 2.41. The van der Waals surface area contributed by atoms with Crippen molar-refractivity contribution in [2.45, 2.75) is 18.7 Å². The first-order valence-electron chi connectivity index (χ1n) is 10.0. The molecule has 6 rings (SSSR count). The van der Waals surface area contributed by atoms with Crippen LogP contribution in [-0.4, -0.2) is 30.8 Å². The molecule has 156 valence electrons. The molecule has 1 unspecified atom stereocenters. The van der Waals surface area contributed by atoms with Crippen molar-refractivity contribution in [2.24, 2.45) is 0 Å². The minimum Gasteiger partial charge on any atom is -0.355 e. The predicted molar refractivity (Wildman–Crippen MR) is 119 cm³/mol. The van der Waals surface area contributed by atoms with Gasteiger partial charge in [0.2, 0.25) is 5.78 Å². The summed E-state index contributed by atoms with van der Waals surface area (Å²) in [5.41, 5.74) is 3.90. The fourth-order valence-corrected chi connectivity index (χ4v) is 5.59. The van der Waals surface area contributed by atoms with Gasteiger partial charge in [0.25, 0.3) is 0 Å². The second-order valence-electron chi connectivity index (χ2n) is 7.56. The standard InChI is InChI=1S/C24H16N4O3S/c29-12-19-18(15-3-1-6-25-9-15)11-28-21(19)23(32-24(28)16-4-2-7-26-10-16)22(30)17-5-8-27-14-31-13-20(17)27/h1-11,24H,13-14H2. The molecular formula is C24H16N4O3S. The summed E-state index contributed by atoms with van der Waals surface area (Å²) in [6, 6.07) is 9.38. The number of hydrogen-bond acceptors (Lipinski definition) is 6. The van der Waals surface area contributed by atoms with Crippen molar-refractivity contribution in [2.75, 3.05) is 0 Å². The lowest BCUT2D eigenvalue weighted by Gasteiger charge is -2.13. The molecule has 0 saturated heterocycles. The highest BCUT2D eigenvalue weighted by Gasteiger charge is 2.33. The van der Waals surface area contributed by atoms with Crippen molar-refractivity contribution in [1.82, 2.24) is 19.1 Å². The molecule has 2 aliphatic rings. The van der Waals surface area contributed by atoms with Crippen LogP contribution in [0.1, 0.15) is 27.0 Å². The van der Waals surface area contributed by atoms with Crippen molar-refractivity contribution in [3.63, 3.8) is 0 Å². The fraction of sp³-hybridized carbons (Fsp3) is 0.125. The average Bonchev–Trinajstić information content (AvgIpc) is 3.60. The van der Waals surface area contributed by atoms with Gasteiger partial charge >= 0.3 is 0 Å². The average molecular weight is 440 g/mol. The molecule has 0 aromatic carbocycles. The first-order chi connectivity index (χ1) is 15.8. The normalized spacial score (nSPS) is 16.6. The van der Waals surface area contributed by atoms with Gasteiger partial charge in [-0.15, -0.1) is 0 Å². The number of aromatic nitrogens is 4. The lowest BCUT2D eigenvalue weighted by Crippen LogP contribution is -2.31. The predicted octanol–water partition coefficient (Wildman–Crippen LogP) is 2.02. The summed E-state index contributed by atoms with van der Waals surface area (Å²) in [6.07, 6.45) is 10.7. The Labute approximate surface area is 186 Å². The Morgan fingerprint density at radius 3 is 2.75 bits per heavy atom. The minimum absolute atomic E-state index is 0.116. The number of carbonyl (C=O) groups is 1. The Morgan fingerprint density at radius 1 is 1.16 bits per heavy atom. The van der Waals surface area contributed by atoms with Gasteiger partial charge in [0, 0.05) is 59.4 Å². The van der Waals surface area contributed by atoms with E-state index < -0.39 is 0 Å². The smallest absolute Gasteiger partial charge is 0.203 e. The third-order valence-electron chi connectivity index (χ3n) is 5.77. The molecule has 0 radical (unpaired) electrons.